The maximum atomic E-state index is 13.7. The van der Waals surface area contributed by atoms with Gasteiger partial charge in [-0.25, -0.2) is 14.8 Å². The fourth-order valence-electron chi connectivity index (χ4n) is 12.9. The predicted molar refractivity (Wildman–Crippen MR) is 243 cm³/mol. The number of thiazole rings is 1. The molecule has 1 saturated heterocycles. The van der Waals surface area contributed by atoms with Crippen LogP contribution in [0.5, 0.6) is 0 Å². The van der Waals surface area contributed by atoms with Gasteiger partial charge in [0, 0.05) is 61.0 Å². The first-order chi connectivity index (χ1) is 30.1. The average molecular weight is 874 g/mol. The second-order valence-corrected chi connectivity index (χ2v) is 21.6. The molecule has 5 fully saturated rings. The minimum Gasteiger partial charge on any atom is -0.476 e. The van der Waals surface area contributed by atoms with E-state index in [9.17, 15) is 14.7 Å². The van der Waals surface area contributed by atoms with Crippen molar-refractivity contribution >= 4 is 44.4 Å². The van der Waals surface area contributed by atoms with E-state index in [2.05, 4.69) is 52.0 Å². The number of hydrogen-bond donors (Lipinski definition) is 3. The van der Waals surface area contributed by atoms with Crippen LogP contribution in [0.4, 0.5) is 10.9 Å². The fourth-order valence-corrected chi connectivity index (χ4v) is 13.8. The number of aromatic carboxylic acids is 1. The first-order valence-corrected chi connectivity index (χ1v) is 23.3. The summed E-state index contributed by atoms with van der Waals surface area (Å²) in [6.07, 6.45) is 9.16. The summed E-state index contributed by atoms with van der Waals surface area (Å²) in [6.45, 7) is 16.4. The van der Waals surface area contributed by atoms with Crippen molar-refractivity contribution in [1.29, 1.82) is 0 Å². The smallest absolute Gasteiger partial charge is 0.355 e. The third-order valence-electron chi connectivity index (χ3n) is 14.4. The van der Waals surface area contributed by atoms with Gasteiger partial charge in [-0.15, -0.1) is 0 Å². The number of carbonyl (C=O) groups excluding carboxylic acids is 1. The molecule has 0 radical (unpaired) electrons. The molecule has 3 N–H and O–H groups in total. The van der Waals surface area contributed by atoms with E-state index in [-0.39, 0.29) is 33.4 Å². The molecule has 0 spiro atoms. The number of pyridine rings is 1. The number of ether oxygens (including phenoxy) is 3. The molecule has 5 aromatic rings. The normalized spacial score (nSPS) is 27.5. The molecular weight excluding hydrogens is 815 g/mol. The van der Waals surface area contributed by atoms with Crippen LogP contribution < -0.4 is 15.5 Å². The number of nitrogens with one attached hydrogen (secondary N) is 2. The van der Waals surface area contributed by atoms with Crippen molar-refractivity contribution in [3.63, 3.8) is 0 Å². The van der Waals surface area contributed by atoms with Crippen molar-refractivity contribution in [2.75, 3.05) is 49.7 Å². The quantitative estimate of drug-likeness (QED) is 0.0977. The second kappa shape index (κ2) is 15.8. The van der Waals surface area contributed by atoms with E-state index in [1.807, 2.05) is 68.6 Å². The molecule has 3 aromatic heterocycles. The lowest BCUT2D eigenvalue weighted by atomic mass is 9.39. The molecule has 4 bridgehead atoms. The van der Waals surface area contributed by atoms with Crippen molar-refractivity contribution < 1.29 is 28.9 Å². The summed E-state index contributed by atoms with van der Waals surface area (Å²) in [5, 5.41) is 22.7. The van der Waals surface area contributed by atoms with Gasteiger partial charge in [-0.2, -0.15) is 5.10 Å². The molecule has 2 aliphatic heterocycles. The first-order valence-electron chi connectivity index (χ1n) is 22.5. The molecule has 63 heavy (non-hydrogen) atoms. The van der Waals surface area contributed by atoms with E-state index in [0.717, 1.165) is 84.3 Å². The van der Waals surface area contributed by atoms with Crippen molar-refractivity contribution in [3.05, 3.63) is 88.9 Å². The predicted octanol–water partition coefficient (Wildman–Crippen LogP) is 8.50. The summed E-state index contributed by atoms with van der Waals surface area (Å²) < 4.78 is 21.8. The fraction of sp³-hybridized carbons (Fsp3) is 0.531. The van der Waals surface area contributed by atoms with E-state index in [0.29, 0.717) is 67.3 Å². The number of rotatable bonds is 13. The van der Waals surface area contributed by atoms with E-state index in [1.165, 1.54) is 17.8 Å². The van der Waals surface area contributed by atoms with Crippen LogP contribution in [-0.2, 0) is 33.7 Å². The third kappa shape index (κ3) is 8.29. The molecule has 2 atom stereocenters. The number of benzene rings is 2. The third-order valence-corrected chi connectivity index (χ3v) is 15.4. The molecule has 5 heterocycles. The van der Waals surface area contributed by atoms with Gasteiger partial charge in [0.05, 0.1) is 41.8 Å². The highest BCUT2D eigenvalue weighted by Gasteiger charge is 2.66. The Morgan fingerprint density at radius 1 is 0.921 bits per heavy atom. The topological polar surface area (TPSA) is 153 Å². The van der Waals surface area contributed by atoms with Gasteiger partial charge < -0.3 is 29.5 Å². The van der Waals surface area contributed by atoms with E-state index < -0.39 is 11.8 Å². The van der Waals surface area contributed by atoms with Gasteiger partial charge in [0.25, 0.3) is 5.91 Å². The molecule has 14 heteroatoms. The molecular formula is C49H59N7O6S. The number of amides is 1. The number of fused-ring (bicyclic) bond motifs is 2. The van der Waals surface area contributed by atoms with E-state index >= 15 is 0 Å². The molecule has 6 aliphatic rings. The van der Waals surface area contributed by atoms with Crippen molar-refractivity contribution in [3.8, 4) is 11.1 Å². The molecule has 13 nitrogen and oxygen atoms in total. The number of para-hydroxylation sites is 1. The Morgan fingerprint density at radius 2 is 1.70 bits per heavy atom. The number of carbonyl (C=O) groups is 2. The Balaban J connectivity index is 0.837. The van der Waals surface area contributed by atoms with Crippen LogP contribution in [0.15, 0.2) is 60.8 Å². The Hall–Kier alpha value is -4.73. The Bertz CT molecular complexity index is 2520. The number of anilines is 2. The van der Waals surface area contributed by atoms with Gasteiger partial charge in [0.1, 0.15) is 5.82 Å². The standard InChI is InChI=1S/C49H59N7O6S/c1-31-36(20-51-56(31)30-48-25-46(4)24-47(5,26-48)28-49(27-46,29-48)60-18-16-50-19-32-22-61-45(2,3)62-23-32)34-13-14-40(53-41(34)43(58)59)55-17-15-33-9-8-10-35(37(33)21-55)42(57)54-44-52-38-11-6-7-12-39(38)63-44/h6-14,20,32,50H,15-19,21-30H2,1-5H3,(H,58,59)(H,52,54,57). The van der Waals surface area contributed by atoms with Crippen molar-refractivity contribution in [2.24, 2.45) is 22.2 Å². The van der Waals surface area contributed by atoms with Gasteiger partial charge in [-0.1, -0.05) is 49.4 Å². The molecule has 1 amide bonds. The maximum absolute atomic E-state index is 13.7. The van der Waals surface area contributed by atoms with Gasteiger partial charge in [0.2, 0.25) is 0 Å². The number of hydrogen-bond acceptors (Lipinski definition) is 11. The molecule has 4 aliphatic carbocycles. The van der Waals surface area contributed by atoms with Gasteiger partial charge in [0.15, 0.2) is 16.6 Å². The van der Waals surface area contributed by atoms with Crippen LogP contribution in [0, 0.1) is 29.1 Å². The zero-order valence-corrected chi connectivity index (χ0v) is 37.9. The molecule has 332 valence electrons. The van der Waals surface area contributed by atoms with Crippen LogP contribution in [0.1, 0.15) is 104 Å². The summed E-state index contributed by atoms with van der Waals surface area (Å²) >= 11 is 1.44. The zero-order valence-electron chi connectivity index (χ0n) is 37.1. The van der Waals surface area contributed by atoms with Crippen LogP contribution in [0.25, 0.3) is 21.3 Å². The second-order valence-electron chi connectivity index (χ2n) is 20.5. The lowest BCUT2D eigenvalue weighted by Crippen LogP contribution is -2.64. The van der Waals surface area contributed by atoms with Crippen molar-refractivity contribution in [2.45, 2.75) is 104 Å². The maximum Gasteiger partial charge on any atom is 0.355 e. The van der Waals surface area contributed by atoms with E-state index in [1.54, 1.807) is 0 Å². The number of nitrogens with zero attached hydrogens (tertiary/aromatic N) is 5. The summed E-state index contributed by atoms with van der Waals surface area (Å²) in [7, 11) is 0. The highest BCUT2D eigenvalue weighted by molar-refractivity contribution is 7.22. The SMILES string of the molecule is Cc1c(-c2ccc(N3CCc4cccc(C(=O)Nc5nc6ccccc6s5)c4C3)nc2C(=O)O)cnn1CC12CC3(C)CC(C)(C1)CC(OCCNCC1COC(C)(C)OC1)(C3)C2. The highest BCUT2D eigenvalue weighted by Crippen LogP contribution is 2.72. The largest absolute Gasteiger partial charge is 0.476 e. The Kier molecular flexibility index (Phi) is 10.6. The summed E-state index contributed by atoms with van der Waals surface area (Å²) in [5.41, 5.74) is 5.92. The molecule has 2 aromatic carbocycles. The minimum atomic E-state index is -1.09. The number of carboxylic acid groups (broad SMARTS) is 1. The first kappa shape index (κ1) is 42.2. The number of aromatic nitrogens is 4. The minimum absolute atomic E-state index is 0.00835. The van der Waals surface area contributed by atoms with Gasteiger partial charge >= 0.3 is 5.97 Å². The highest BCUT2D eigenvalue weighted by atomic mass is 32.1. The monoisotopic (exact) mass is 873 g/mol. The van der Waals surface area contributed by atoms with Gasteiger partial charge in [-0.05, 0) is 123 Å². The Labute approximate surface area is 372 Å². The molecule has 4 saturated carbocycles. The lowest BCUT2D eigenvalue weighted by Gasteiger charge is -2.69. The van der Waals surface area contributed by atoms with Crippen LogP contribution in [-0.4, -0.2) is 87.6 Å². The van der Waals surface area contributed by atoms with Gasteiger partial charge in [-0.3, -0.25) is 14.8 Å². The van der Waals surface area contributed by atoms with Crippen LogP contribution >= 0.6 is 11.3 Å². The Morgan fingerprint density at radius 3 is 2.46 bits per heavy atom. The zero-order chi connectivity index (χ0) is 43.8. The number of carboxylic acids is 1. The van der Waals surface area contributed by atoms with Crippen LogP contribution in [0.3, 0.4) is 0 Å². The summed E-state index contributed by atoms with van der Waals surface area (Å²) in [5.74, 6) is -0.918. The molecule has 11 rings (SSSR count). The van der Waals surface area contributed by atoms with Crippen molar-refractivity contribution in [1.82, 2.24) is 25.1 Å². The molecule has 2 unspecified atom stereocenters. The van der Waals surface area contributed by atoms with E-state index in [4.69, 9.17) is 24.3 Å². The van der Waals surface area contributed by atoms with Crippen LogP contribution in [0.2, 0.25) is 0 Å². The summed E-state index contributed by atoms with van der Waals surface area (Å²) in [6, 6.07) is 17.4. The average Bonchev–Trinajstić information content (AvgIpc) is 3.80. The lowest BCUT2D eigenvalue weighted by molar-refractivity contribution is -0.261. The summed E-state index contributed by atoms with van der Waals surface area (Å²) in [4.78, 5) is 38.1.